The van der Waals surface area contributed by atoms with E-state index in [0.717, 1.165) is 25.9 Å². The van der Waals surface area contributed by atoms with Crippen LogP contribution in [0.1, 0.15) is 28.9 Å². The van der Waals surface area contributed by atoms with Crippen LogP contribution in [0.4, 0.5) is 10.1 Å². The largest absolute Gasteiger partial charge is 0.488 e. The Morgan fingerprint density at radius 2 is 1.97 bits per heavy atom. The summed E-state index contributed by atoms with van der Waals surface area (Å²) in [5.41, 5.74) is 2.52. The average Bonchev–Trinajstić information content (AvgIpc) is 3.15. The molecule has 1 fully saturated rings. The summed E-state index contributed by atoms with van der Waals surface area (Å²) in [5.74, 6) is -0.316. The molecule has 0 atom stereocenters. The monoisotopic (exact) mass is 420 g/mol. The van der Waals surface area contributed by atoms with Gasteiger partial charge in [0.2, 0.25) is 0 Å². The van der Waals surface area contributed by atoms with Crippen LogP contribution in [-0.2, 0) is 0 Å². The van der Waals surface area contributed by atoms with E-state index in [9.17, 15) is 9.18 Å². The highest BCUT2D eigenvalue weighted by Crippen LogP contribution is 2.28. The first-order valence-corrected chi connectivity index (χ1v) is 10.2. The van der Waals surface area contributed by atoms with Crippen LogP contribution < -0.4 is 15.4 Å². The number of ether oxygens (including phenoxy) is 1. The maximum atomic E-state index is 14.4. The number of halogens is 1. The Morgan fingerprint density at radius 1 is 1.19 bits per heavy atom. The summed E-state index contributed by atoms with van der Waals surface area (Å²) in [6.07, 6.45) is 8.34. The topological polar surface area (TPSA) is 93.4 Å². The third-order valence-corrected chi connectivity index (χ3v) is 5.30. The van der Waals surface area contributed by atoms with Gasteiger partial charge in [-0.3, -0.25) is 9.78 Å². The summed E-state index contributed by atoms with van der Waals surface area (Å²) >= 11 is 0. The molecule has 1 aromatic carbocycles. The Balaban J connectivity index is 1.46. The van der Waals surface area contributed by atoms with Gasteiger partial charge >= 0.3 is 0 Å². The second-order valence-electron chi connectivity index (χ2n) is 7.58. The molecule has 4 aromatic rings. The molecule has 9 heteroatoms. The first kappa shape index (κ1) is 19.4. The second-order valence-corrected chi connectivity index (χ2v) is 7.58. The van der Waals surface area contributed by atoms with Crippen molar-refractivity contribution in [1.82, 2.24) is 24.7 Å². The lowest BCUT2D eigenvalue weighted by atomic mass is 10.1. The number of benzene rings is 1. The van der Waals surface area contributed by atoms with Crippen molar-refractivity contribution >= 4 is 28.3 Å². The van der Waals surface area contributed by atoms with Gasteiger partial charge in [0, 0.05) is 30.9 Å². The van der Waals surface area contributed by atoms with Gasteiger partial charge in [0.25, 0.3) is 5.91 Å². The first-order valence-electron chi connectivity index (χ1n) is 10.2. The zero-order valence-corrected chi connectivity index (χ0v) is 16.9. The molecule has 0 saturated carbocycles. The maximum absolute atomic E-state index is 14.4. The number of nitrogens with one attached hydrogen (secondary N) is 2. The lowest BCUT2D eigenvalue weighted by Crippen LogP contribution is -2.34. The number of anilines is 1. The van der Waals surface area contributed by atoms with Gasteiger partial charge in [0.1, 0.15) is 22.9 Å². The Labute approximate surface area is 177 Å². The summed E-state index contributed by atoms with van der Waals surface area (Å²) in [6, 6.07) is 4.66. The number of hydrogen-bond acceptors (Lipinski definition) is 6. The Kier molecular flexibility index (Phi) is 4.95. The predicted octanol–water partition coefficient (Wildman–Crippen LogP) is 3.11. The molecule has 0 aliphatic carbocycles. The average molecular weight is 420 g/mol. The van der Waals surface area contributed by atoms with Gasteiger partial charge in [-0.2, -0.15) is 0 Å². The van der Waals surface area contributed by atoms with Crippen LogP contribution in [0.15, 0.2) is 43.0 Å². The van der Waals surface area contributed by atoms with E-state index in [4.69, 9.17) is 4.74 Å². The Morgan fingerprint density at radius 3 is 2.77 bits per heavy atom. The van der Waals surface area contributed by atoms with Crippen LogP contribution in [0.2, 0.25) is 0 Å². The summed E-state index contributed by atoms with van der Waals surface area (Å²) in [7, 11) is 0. The summed E-state index contributed by atoms with van der Waals surface area (Å²) in [6.45, 7) is 3.60. The third-order valence-electron chi connectivity index (χ3n) is 5.30. The molecule has 0 unspecified atom stereocenters. The van der Waals surface area contributed by atoms with Gasteiger partial charge in [-0.25, -0.2) is 14.4 Å². The van der Waals surface area contributed by atoms with E-state index in [0.29, 0.717) is 33.7 Å². The number of amides is 1. The second kappa shape index (κ2) is 7.92. The quantitative estimate of drug-likeness (QED) is 0.527. The smallest absolute Gasteiger partial charge is 0.257 e. The minimum absolute atomic E-state index is 0.0967. The highest BCUT2D eigenvalue weighted by Gasteiger charge is 2.20. The van der Waals surface area contributed by atoms with Crippen molar-refractivity contribution in [1.29, 1.82) is 0 Å². The molecular weight excluding hydrogens is 399 g/mol. The van der Waals surface area contributed by atoms with Gasteiger partial charge in [-0.1, -0.05) is 0 Å². The fraction of sp³-hybridized carbons (Fsp3) is 0.273. The molecule has 4 heterocycles. The highest BCUT2D eigenvalue weighted by atomic mass is 19.1. The van der Waals surface area contributed by atoms with Crippen molar-refractivity contribution in [2.24, 2.45) is 0 Å². The standard InChI is InChI=1S/C22H21FN6O2/c1-13-11-29-12-14(10-17(23)21(29)27-13)28-22(30)16-2-3-18(20-19(16)25-8-9-26-20)31-15-4-6-24-7-5-15/h2-3,8-12,15,24H,4-7H2,1H3,(H,28,30). The Hall–Kier alpha value is -3.59. The van der Waals surface area contributed by atoms with Crippen molar-refractivity contribution in [2.75, 3.05) is 18.4 Å². The van der Waals surface area contributed by atoms with Gasteiger partial charge < -0.3 is 19.8 Å². The molecule has 31 heavy (non-hydrogen) atoms. The molecule has 1 amide bonds. The molecule has 1 aliphatic heterocycles. The molecule has 1 aliphatic rings. The first-order chi connectivity index (χ1) is 15.1. The third kappa shape index (κ3) is 3.79. The van der Waals surface area contributed by atoms with E-state index in [-0.39, 0.29) is 11.8 Å². The van der Waals surface area contributed by atoms with Crippen molar-refractivity contribution < 1.29 is 13.9 Å². The molecule has 158 valence electrons. The van der Waals surface area contributed by atoms with Crippen molar-refractivity contribution in [2.45, 2.75) is 25.9 Å². The van der Waals surface area contributed by atoms with E-state index in [2.05, 4.69) is 25.6 Å². The normalized spacial score (nSPS) is 14.8. The van der Waals surface area contributed by atoms with Crippen LogP contribution in [0.25, 0.3) is 16.7 Å². The van der Waals surface area contributed by atoms with Crippen LogP contribution in [0, 0.1) is 12.7 Å². The summed E-state index contributed by atoms with van der Waals surface area (Å²) in [4.78, 5) is 25.9. The number of rotatable bonds is 4. The lowest BCUT2D eigenvalue weighted by molar-refractivity contribution is 0.102. The molecule has 5 rings (SSSR count). The molecule has 1 saturated heterocycles. The molecule has 0 spiro atoms. The van der Waals surface area contributed by atoms with Gasteiger partial charge in [0.15, 0.2) is 11.5 Å². The summed E-state index contributed by atoms with van der Waals surface area (Å²) < 4.78 is 22.1. The maximum Gasteiger partial charge on any atom is 0.257 e. The van der Waals surface area contributed by atoms with Gasteiger partial charge in [0.05, 0.1) is 16.9 Å². The predicted molar refractivity (Wildman–Crippen MR) is 114 cm³/mol. The number of nitrogens with zero attached hydrogens (tertiary/aromatic N) is 4. The number of pyridine rings is 1. The fourth-order valence-electron chi connectivity index (χ4n) is 3.85. The van der Waals surface area contributed by atoms with E-state index in [1.807, 2.05) is 0 Å². The zero-order valence-electron chi connectivity index (χ0n) is 16.9. The molecule has 0 bridgehead atoms. The zero-order chi connectivity index (χ0) is 21.4. The molecule has 0 radical (unpaired) electrons. The molecule has 8 nitrogen and oxygen atoms in total. The van der Waals surface area contributed by atoms with Crippen LogP contribution in [0.3, 0.4) is 0 Å². The van der Waals surface area contributed by atoms with Gasteiger partial charge in [-0.15, -0.1) is 0 Å². The number of fused-ring (bicyclic) bond motifs is 2. The van der Waals surface area contributed by atoms with Crippen molar-refractivity contribution in [3.05, 3.63) is 60.1 Å². The number of carbonyl (C=O) groups is 1. The number of hydrogen-bond donors (Lipinski definition) is 2. The van der Waals surface area contributed by atoms with E-state index < -0.39 is 11.7 Å². The fourth-order valence-corrected chi connectivity index (χ4v) is 3.85. The van der Waals surface area contributed by atoms with Crippen LogP contribution in [-0.4, -0.2) is 44.5 Å². The highest BCUT2D eigenvalue weighted by molar-refractivity contribution is 6.12. The molecule has 3 aromatic heterocycles. The number of aromatic nitrogens is 4. The number of imidazole rings is 1. The SMILES string of the molecule is Cc1cn2cc(NC(=O)c3ccc(OC4CCNCC4)c4nccnc34)cc(F)c2n1. The van der Waals surface area contributed by atoms with E-state index >= 15 is 0 Å². The van der Waals surface area contributed by atoms with Crippen molar-refractivity contribution in [3.8, 4) is 5.75 Å². The minimum Gasteiger partial charge on any atom is -0.488 e. The number of carbonyl (C=O) groups excluding carboxylic acids is 1. The molecular formula is C22H21FN6O2. The Bertz CT molecular complexity index is 1280. The van der Waals surface area contributed by atoms with E-state index in [1.54, 1.807) is 42.0 Å². The van der Waals surface area contributed by atoms with Crippen LogP contribution >= 0.6 is 0 Å². The minimum atomic E-state index is -0.513. The lowest BCUT2D eigenvalue weighted by Gasteiger charge is -2.24. The number of aryl methyl sites for hydroxylation is 1. The number of piperidine rings is 1. The van der Waals surface area contributed by atoms with Crippen molar-refractivity contribution in [3.63, 3.8) is 0 Å². The van der Waals surface area contributed by atoms with Crippen LogP contribution in [0.5, 0.6) is 5.75 Å². The molecule has 2 N–H and O–H groups in total. The summed E-state index contributed by atoms with van der Waals surface area (Å²) in [5, 5.41) is 6.06. The van der Waals surface area contributed by atoms with E-state index in [1.165, 1.54) is 12.3 Å². The van der Waals surface area contributed by atoms with Gasteiger partial charge in [-0.05, 0) is 45.0 Å².